The number of allylic oxidation sites excluding steroid dienone is 5. The van der Waals surface area contributed by atoms with E-state index < -0.39 is 5.97 Å². The summed E-state index contributed by atoms with van der Waals surface area (Å²) in [4.78, 5) is 10.8. The molecule has 0 bridgehead atoms. The van der Waals surface area contributed by atoms with E-state index in [1.165, 1.54) is 0 Å². The highest BCUT2D eigenvalue weighted by atomic mass is 16.5. The van der Waals surface area contributed by atoms with E-state index in [0.717, 1.165) is 63.4 Å². The number of carbonyl (C=O) groups is 1. The predicted octanol–water partition coefficient (Wildman–Crippen LogP) is 4.60. The van der Waals surface area contributed by atoms with Crippen LogP contribution in [0.25, 0.3) is 0 Å². The maximum Gasteiger partial charge on any atom is 0.341 e. The number of hydrogen-bond donors (Lipinski definition) is 3. The standard InChI is InChI=1S/C24H38O5/c1-3-4-5-8-19(25)11-13-21-22-14-17(2)7-6-9-20(29-16-24(27)28)12-10-18(22)15-23(21)26/h6-7,9,18-19,21-23,25-26H,2-5,8,10-16H2,1H3,(H,27,28)/b7-6-,20-9+/t18-,19-,21+,22-,23+/m0/s1. The summed E-state index contributed by atoms with van der Waals surface area (Å²) in [7, 11) is 0. The Balaban J connectivity index is 1.98. The van der Waals surface area contributed by atoms with E-state index in [0.29, 0.717) is 24.0 Å². The highest BCUT2D eigenvalue weighted by Crippen LogP contribution is 2.46. The van der Waals surface area contributed by atoms with Gasteiger partial charge in [-0.3, -0.25) is 0 Å². The van der Waals surface area contributed by atoms with Crippen molar-refractivity contribution in [2.75, 3.05) is 6.61 Å². The third-order valence-electron chi connectivity index (χ3n) is 6.42. The molecular weight excluding hydrogens is 368 g/mol. The van der Waals surface area contributed by atoms with Crippen LogP contribution in [0.15, 0.2) is 36.1 Å². The highest BCUT2D eigenvalue weighted by molar-refractivity contribution is 5.68. The summed E-state index contributed by atoms with van der Waals surface area (Å²) in [6.45, 7) is 6.00. The van der Waals surface area contributed by atoms with Gasteiger partial charge in [0.2, 0.25) is 0 Å². The Kier molecular flexibility index (Phi) is 9.95. The molecule has 29 heavy (non-hydrogen) atoms. The van der Waals surface area contributed by atoms with Crippen molar-refractivity contribution < 1.29 is 24.9 Å². The Morgan fingerprint density at radius 3 is 2.86 bits per heavy atom. The maximum absolute atomic E-state index is 10.8. The zero-order valence-corrected chi connectivity index (χ0v) is 17.8. The van der Waals surface area contributed by atoms with Gasteiger partial charge in [-0.2, -0.15) is 0 Å². The molecule has 3 N–H and O–H groups in total. The van der Waals surface area contributed by atoms with Gasteiger partial charge in [0.1, 0.15) is 0 Å². The fourth-order valence-corrected chi connectivity index (χ4v) is 4.86. The molecule has 0 saturated heterocycles. The largest absolute Gasteiger partial charge is 0.486 e. The lowest BCUT2D eigenvalue weighted by atomic mass is 9.79. The molecule has 5 nitrogen and oxygen atoms in total. The molecule has 164 valence electrons. The van der Waals surface area contributed by atoms with Gasteiger partial charge in [0.05, 0.1) is 18.0 Å². The molecule has 2 aliphatic carbocycles. The van der Waals surface area contributed by atoms with Crippen LogP contribution in [0.5, 0.6) is 0 Å². The van der Waals surface area contributed by atoms with Crippen molar-refractivity contribution in [3.63, 3.8) is 0 Å². The minimum atomic E-state index is -0.983. The average molecular weight is 407 g/mol. The van der Waals surface area contributed by atoms with Crippen molar-refractivity contribution in [3.05, 3.63) is 36.1 Å². The summed E-state index contributed by atoms with van der Waals surface area (Å²) in [5.41, 5.74) is 1.01. The first-order valence-corrected chi connectivity index (χ1v) is 11.2. The number of rotatable bonds is 10. The Morgan fingerprint density at radius 2 is 2.14 bits per heavy atom. The van der Waals surface area contributed by atoms with Crippen LogP contribution in [0.4, 0.5) is 0 Å². The summed E-state index contributed by atoms with van der Waals surface area (Å²) in [5, 5.41) is 29.9. The molecule has 5 atom stereocenters. The number of carboxylic acid groups (broad SMARTS) is 1. The van der Waals surface area contributed by atoms with Gasteiger partial charge in [-0.1, -0.05) is 50.5 Å². The van der Waals surface area contributed by atoms with E-state index in [4.69, 9.17) is 9.84 Å². The zero-order chi connectivity index (χ0) is 21.2. The molecule has 0 aromatic heterocycles. The van der Waals surface area contributed by atoms with Gasteiger partial charge in [0, 0.05) is 6.42 Å². The molecule has 1 fully saturated rings. The quantitative estimate of drug-likeness (QED) is 0.462. The van der Waals surface area contributed by atoms with Crippen molar-refractivity contribution in [1.82, 2.24) is 0 Å². The molecule has 0 amide bonds. The fourth-order valence-electron chi connectivity index (χ4n) is 4.86. The van der Waals surface area contributed by atoms with E-state index >= 15 is 0 Å². The molecule has 0 aromatic carbocycles. The normalized spacial score (nSPS) is 31.4. The lowest BCUT2D eigenvalue weighted by Gasteiger charge is -2.27. The number of carboxylic acids is 1. The molecule has 2 rings (SSSR count). The van der Waals surface area contributed by atoms with Gasteiger partial charge >= 0.3 is 5.97 Å². The first-order chi connectivity index (χ1) is 13.9. The highest BCUT2D eigenvalue weighted by Gasteiger charge is 2.41. The smallest absolute Gasteiger partial charge is 0.341 e. The summed E-state index contributed by atoms with van der Waals surface area (Å²) < 4.78 is 5.42. The Hall–Kier alpha value is -1.59. The first kappa shape index (κ1) is 23.7. The number of aliphatic carboxylic acids is 1. The van der Waals surface area contributed by atoms with Crippen LogP contribution in [0.1, 0.15) is 71.1 Å². The Labute approximate surface area is 175 Å². The average Bonchev–Trinajstić information content (AvgIpc) is 2.96. The number of aliphatic hydroxyl groups is 2. The molecule has 0 unspecified atom stereocenters. The minimum Gasteiger partial charge on any atom is -0.486 e. The summed E-state index contributed by atoms with van der Waals surface area (Å²) in [6, 6.07) is 0. The second-order valence-corrected chi connectivity index (χ2v) is 8.69. The van der Waals surface area contributed by atoms with Crippen molar-refractivity contribution in [2.24, 2.45) is 17.8 Å². The summed E-state index contributed by atoms with van der Waals surface area (Å²) >= 11 is 0. The van der Waals surface area contributed by atoms with Gasteiger partial charge in [-0.15, -0.1) is 0 Å². The third-order valence-corrected chi connectivity index (χ3v) is 6.42. The van der Waals surface area contributed by atoms with Gasteiger partial charge in [-0.05, 0) is 62.4 Å². The fraction of sp³-hybridized carbons (Fsp3) is 0.708. The van der Waals surface area contributed by atoms with Crippen molar-refractivity contribution in [1.29, 1.82) is 0 Å². The van der Waals surface area contributed by atoms with Crippen LogP contribution in [0.2, 0.25) is 0 Å². The number of hydrogen-bond acceptors (Lipinski definition) is 4. The van der Waals surface area contributed by atoms with Crippen LogP contribution in [0.3, 0.4) is 0 Å². The molecular formula is C24H38O5. The maximum atomic E-state index is 10.8. The second kappa shape index (κ2) is 12.2. The lowest BCUT2D eigenvalue weighted by Crippen LogP contribution is -2.23. The molecule has 1 saturated carbocycles. The van der Waals surface area contributed by atoms with Gasteiger partial charge in [0.25, 0.3) is 0 Å². The van der Waals surface area contributed by atoms with E-state index in [1.807, 2.05) is 18.2 Å². The summed E-state index contributed by atoms with van der Waals surface area (Å²) in [5.74, 6) is 0.554. The Morgan fingerprint density at radius 1 is 1.34 bits per heavy atom. The van der Waals surface area contributed by atoms with E-state index in [2.05, 4.69) is 13.5 Å². The van der Waals surface area contributed by atoms with Gasteiger partial charge in [0.15, 0.2) is 6.61 Å². The van der Waals surface area contributed by atoms with Crippen molar-refractivity contribution >= 4 is 5.97 Å². The van der Waals surface area contributed by atoms with Crippen molar-refractivity contribution in [3.8, 4) is 0 Å². The molecule has 2 aliphatic rings. The van der Waals surface area contributed by atoms with E-state index in [-0.39, 0.29) is 24.7 Å². The van der Waals surface area contributed by atoms with E-state index in [9.17, 15) is 15.0 Å². The van der Waals surface area contributed by atoms with Crippen LogP contribution < -0.4 is 0 Å². The number of aliphatic hydroxyl groups excluding tert-OH is 2. The third kappa shape index (κ3) is 7.98. The first-order valence-electron chi connectivity index (χ1n) is 11.2. The van der Waals surface area contributed by atoms with Crippen molar-refractivity contribution in [2.45, 2.75) is 83.3 Å². The molecule has 5 heteroatoms. The number of ether oxygens (including phenoxy) is 1. The molecule has 0 aliphatic heterocycles. The molecule has 0 aromatic rings. The summed E-state index contributed by atoms with van der Waals surface area (Å²) in [6.07, 6.45) is 13.9. The number of fused-ring (bicyclic) bond motifs is 1. The topological polar surface area (TPSA) is 87.0 Å². The monoisotopic (exact) mass is 406 g/mol. The SMILES string of the molecule is C=C1/C=C\C=C(\OCC(=O)O)CC[C@H]2C[C@@H](O)[C@H](CC[C@@H](O)CCCCC)[C@H]2C1. The molecule has 0 radical (unpaired) electrons. The lowest BCUT2D eigenvalue weighted by molar-refractivity contribution is -0.140. The van der Waals surface area contributed by atoms with Gasteiger partial charge < -0.3 is 20.1 Å². The van der Waals surface area contributed by atoms with E-state index in [1.54, 1.807) is 0 Å². The minimum absolute atomic E-state index is 0.178. The second-order valence-electron chi connectivity index (χ2n) is 8.69. The molecule has 0 spiro atoms. The van der Waals surface area contributed by atoms with Crippen LogP contribution in [-0.4, -0.2) is 40.1 Å². The van der Waals surface area contributed by atoms with Crippen LogP contribution >= 0.6 is 0 Å². The van der Waals surface area contributed by atoms with Crippen LogP contribution in [-0.2, 0) is 9.53 Å². The van der Waals surface area contributed by atoms with Gasteiger partial charge in [-0.25, -0.2) is 4.79 Å². The predicted molar refractivity (Wildman–Crippen MR) is 114 cm³/mol. The Bertz CT molecular complexity index is 594. The molecule has 0 heterocycles. The number of unbranched alkanes of at least 4 members (excludes halogenated alkanes) is 2. The van der Waals surface area contributed by atoms with Crippen LogP contribution in [0, 0.1) is 17.8 Å². The zero-order valence-electron chi connectivity index (χ0n) is 17.8.